The lowest BCUT2D eigenvalue weighted by Gasteiger charge is -2.22. The van der Waals surface area contributed by atoms with Crippen LogP contribution in [0.5, 0.6) is 0 Å². The topological polar surface area (TPSA) is 32.7 Å². The van der Waals surface area contributed by atoms with Gasteiger partial charge >= 0.3 is 0 Å². The zero-order chi connectivity index (χ0) is 12.3. The molecule has 1 aromatic carbocycles. The summed E-state index contributed by atoms with van der Waals surface area (Å²) in [7, 11) is 0. The molecule has 0 radical (unpaired) electrons. The van der Waals surface area contributed by atoms with Gasteiger partial charge in [-0.2, -0.15) is 0 Å². The van der Waals surface area contributed by atoms with Crippen molar-refractivity contribution in [3.05, 3.63) is 35.6 Å². The molecule has 1 aromatic rings. The van der Waals surface area contributed by atoms with Gasteiger partial charge in [0.15, 0.2) is 0 Å². The van der Waals surface area contributed by atoms with Gasteiger partial charge in [-0.3, -0.25) is 4.90 Å². The average molecular weight is 239 g/mol. The van der Waals surface area contributed by atoms with Crippen molar-refractivity contribution in [2.24, 2.45) is 0 Å². The van der Waals surface area contributed by atoms with Crippen molar-refractivity contribution in [1.82, 2.24) is 4.90 Å². The molecule has 1 N–H and O–H groups in total. The van der Waals surface area contributed by atoms with Crippen LogP contribution in [0.2, 0.25) is 0 Å². The van der Waals surface area contributed by atoms with Crippen LogP contribution in [0.1, 0.15) is 25.1 Å². The Morgan fingerprint density at radius 1 is 1.41 bits per heavy atom. The van der Waals surface area contributed by atoms with Gasteiger partial charge in [0, 0.05) is 13.1 Å². The minimum atomic E-state index is -0.243. The minimum Gasteiger partial charge on any atom is -0.394 e. The predicted molar refractivity (Wildman–Crippen MR) is 63.0 cm³/mol. The van der Waals surface area contributed by atoms with Crippen LogP contribution in [0.15, 0.2) is 24.3 Å². The van der Waals surface area contributed by atoms with Crippen molar-refractivity contribution < 1.29 is 14.2 Å². The Kier molecular flexibility index (Phi) is 4.10. The number of halogens is 1. The highest BCUT2D eigenvalue weighted by Crippen LogP contribution is 2.30. The van der Waals surface area contributed by atoms with Crippen molar-refractivity contribution in [3.63, 3.8) is 0 Å². The van der Waals surface area contributed by atoms with Gasteiger partial charge in [-0.15, -0.1) is 0 Å². The first-order valence-electron chi connectivity index (χ1n) is 6.00. The lowest BCUT2D eigenvalue weighted by Crippen LogP contribution is -2.26. The van der Waals surface area contributed by atoms with E-state index >= 15 is 0 Å². The molecule has 1 aliphatic heterocycles. The maximum Gasteiger partial charge on any atom is 0.137 e. The van der Waals surface area contributed by atoms with Crippen molar-refractivity contribution in [2.75, 3.05) is 19.7 Å². The number of hydrogen-bond donors (Lipinski definition) is 1. The van der Waals surface area contributed by atoms with Crippen molar-refractivity contribution in [2.45, 2.75) is 25.7 Å². The van der Waals surface area contributed by atoms with E-state index < -0.39 is 0 Å². The van der Waals surface area contributed by atoms with Gasteiger partial charge in [-0.05, 0) is 24.1 Å². The van der Waals surface area contributed by atoms with E-state index in [1.807, 2.05) is 0 Å². The van der Waals surface area contributed by atoms with Crippen LogP contribution in [-0.4, -0.2) is 35.8 Å². The molecule has 3 nitrogen and oxygen atoms in total. The summed E-state index contributed by atoms with van der Waals surface area (Å²) >= 11 is 0. The van der Waals surface area contributed by atoms with E-state index in [4.69, 9.17) is 9.84 Å². The number of rotatable bonds is 4. The number of nitrogens with zero attached hydrogens (tertiary/aromatic N) is 1. The highest BCUT2D eigenvalue weighted by atomic mass is 19.1. The number of hydrogen-bond acceptors (Lipinski definition) is 3. The lowest BCUT2D eigenvalue weighted by molar-refractivity contribution is -0.0195. The van der Waals surface area contributed by atoms with Gasteiger partial charge in [-0.25, -0.2) is 4.39 Å². The van der Waals surface area contributed by atoms with Gasteiger partial charge in [-0.1, -0.05) is 19.1 Å². The SMILES string of the molecule is CCCN1CC(CO)OC1c1ccc(F)cc1. The normalized spacial score (nSPS) is 25.4. The van der Waals surface area contributed by atoms with Crippen LogP contribution in [0, 0.1) is 5.82 Å². The molecule has 4 heteroatoms. The van der Waals surface area contributed by atoms with E-state index in [9.17, 15) is 4.39 Å². The monoisotopic (exact) mass is 239 g/mol. The van der Waals surface area contributed by atoms with Crippen molar-refractivity contribution in [3.8, 4) is 0 Å². The molecule has 2 atom stereocenters. The molecule has 0 saturated carbocycles. The van der Waals surface area contributed by atoms with E-state index in [2.05, 4.69) is 11.8 Å². The molecule has 0 spiro atoms. The molecule has 1 fully saturated rings. The number of aliphatic hydroxyl groups excluding tert-OH is 1. The summed E-state index contributed by atoms with van der Waals surface area (Å²) in [6, 6.07) is 6.36. The molecule has 94 valence electrons. The van der Waals surface area contributed by atoms with Crippen LogP contribution in [0.25, 0.3) is 0 Å². The average Bonchev–Trinajstić information content (AvgIpc) is 2.74. The fraction of sp³-hybridized carbons (Fsp3) is 0.538. The zero-order valence-corrected chi connectivity index (χ0v) is 9.97. The summed E-state index contributed by atoms with van der Waals surface area (Å²) < 4.78 is 18.6. The first-order chi connectivity index (χ1) is 8.24. The molecule has 2 unspecified atom stereocenters. The van der Waals surface area contributed by atoms with Gasteiger partial charge in [0.25, 0.3) is 0 Å². The maximum absolute atomic E-state index is 12.9. The van der Waals surface area contributed by atoms with Crippen LogP contribution in [-0.2, 0) is 4.74 Å². The molecule has 17 heavy (non-hydrogen) atoms. The highest BCUT2D eigenvalue weighted by molar-refractivity contribution is 5.19. The molecule has 1 heterocycles. The number of ether oxygens (including phenoxy) is 1. The molecule has 1 saturated heterocycles. The van der Waals surface area contributed by atoms with Gasteiger partial charge < -0.3 is 9.84 Å². The molecule has 0 aliphatic carbocycles. The van der Waals surface area contributed by atoms with Crippen molar-refractivity contribution >= 4 is 0 Å². The van der Waals surface area contributed by atoms with Crippen molar-refractivity contribution in [1.29, 1.82) is 0 Å². The number of aliphatic hydroxyl groups is 1. The largest absolute Gasteiger partial charge is 0.394 e. The fourth-order valence-corrected chi connectivity index (χ4v) is 2.18. The third-order valence-corrected chi connectivity index (χ3v) is 2.96. The fourth-order valence-electron chi connectivity index (χ4n) is 2.18. The third-order valence-electron chi connectivity index (χ3n) is 2.96. The molecule has 0 aromatic heterocycles. The molecule has 2 rings (SSSR count). The molecule has 1 aliphatic rings. The Morgan fingerprint density at radius 3 is 2.71 bits per heavy atom. The second-order valence-electron chi connectivity index (χ2n) is 4.34. The van der Waals surface area contributed by atoms with Crippen LogP contribution >= 0.6 is 0 Å². The van der Waals surface area contributed by atoms with Crippen LogP contribution in [0.3, 0.4) is 0 Å². The van der Waals surface area contributed by atoms with E-state index in [-0.39, 0.29) is 24.8 Å². The Hall–Kier alpha value is -0.970. The van der Waals surface area contributed by atoms with E-state index in [1.54, 1.807) is 12.1 Å². The lowest BCUT2D eigenvalue weighted by atomic mass is 10.2. The van der Waals surface area contributed by atoms with E-state index in [0.717, 1.165) is 25.1 Å². The summed E-state index contributed by atoms with van der Waals surface area (Å²) in [4.78, 5) is 2.17. The highest BCUT2D eigenvalue weighted by Gasteiger charge is 2.32. The predicted octanol–water partition coefficient (Wildman–Crippen LogP) is 1.93. The minimum absolute atomic E-state index is 0.0257. The summed E-state index contributed by atoms with van der Waals surface area (Å²) in [6.45, 7) is 3.77. The van der Waals surface area contributed by atoms with Crippen LogP contribution < -0.4 is 0 Å². The Labute approximate surface area is 101 Å². The molecular formula is C13H18FNO2. The van der Waals surface area contributed by atoms with Crippen LogP contribution in [0.4, 0.5) is 4.39 Å². The maximum atomic E-state index is 12.9. The Bertz CT molecular complexity index is 355. The quantitative estimate of drug-likeness (QED) is 0.871. The van der Waals surface area contributed by atoms with Gasteiger partial charge in [0.2, 0.25) is 0 Å². The molecule has 0 bridgehead atoms. The Morgan fingerprint density at radius 2 is 2.12 bits per heavy atom. The summed E-state index contributed by atoms with van der Waals surface area (Å²) in [5, 5.41) is 9.15. The second-order valence-corrected chi connectivity index (χ2v) is 4.34. The second kappa shape index (κ2) is 5.58. The molecule has 0 amide bonds. The first kappa shape index (κ1) is 12.5. The van der Waals surface area contributed by atoms with Gasteiger partial charge in [0.1, 0.15) is 12.0 Å². The van der Waals surface area contributed by atoms with E-state index in [0.29, 0.717) is 0 Å². The summed E-state index contributed by atoms with van der Waals surface area (Å²) in [5.74, 6) is -0.243. The first-order valence-corrected chi connectivity index (χ1v) is 6.00. The third kappa shape index (κ3) is 2.83. The number of benzene rings is 1. The van der Waals surface area contributed by atoms with E-state index in [1.165, 1.54) is 12.1 Å². The Balaban J connectivity index is 2.14. The standard InChI is InChI=1S/C13H18FNO2/c1-2-7-15-8-12(9-16)17-13(15)10-3-5-11(14)6-4-10/h3-6,12-13,16H,2,7-9H2,1H3. The summed E-state index contributed by atoms with van der Waals surface area (Å²) in [5.41, 5.74) is 0.941. The molecular weight excluding hydrogens is 221 g/mol. The zero-order valence-electron chi connectivity index (χ0n) is 9.97. The summed E-state index contributed by atoms with van der Waals surface area (Å²) in [6.07, 6.45) is 0.725. The smallest absolute Gasteiger partial charge is 0.137 e. The van der Waals surface area contributed by atoms with Gasteiger partial charge in [0.05, 0.1) is 12.7 Å².